The zero-order valence-electron chi connectivity index (χ0n) is 10.7. The van der Waals surface area contributed by atoms with E-state index in [0.29, 0.717) is 17.2 Å². The quantitative estimate of drug-likeness (QED) is 0.752. The Hall–Kier alpha value is -0.570. The second-order valence-electron chi connectivity index (χ2n) is 6.26. The van der Waals surface area contributed by atoms with Crippen LogP contribution in [0.5, 0.6) is 0 Å². The molecular formula is C14H24N2O. The van der Waals surface area contributed by atoms with Crippen LogP contribution in [-0.4, -0.2) is 37.0 Å². The summed E-state index contributed by atoms with van der Waals surface area (Å²) in [4.78, 5) is 14.5. The molecule has 3 rings (SSSR count). The summed E-state index contributed by atoms with van der Waals surface area (Å²) in [6, 6.07) is 0. The van der Waals surface area contributed by atoms with Crippen molar-refractivity contribution in [1.29, 1.82) is 0 Å². The van der Waals surface area contributed by atoms with E-state index in [9.17, 15) is 4.79 Å². The van der Waals surface area contributed by atoms with E-state index in [0.717, 1.165) is 25.9 Å². The number of likely N-dealkylation sites (tertiary alicyclic amines) is 1. The molecule has 1 spiro atoms. The van der Waals surface area contributed by atoms with Gasteiger partial charge in [0, 0.05) is 32.1 Å². The summed E-state index contributed by atoms with van der Waals surface area (Å²) in [7, 11) is 0. The van der Waals surface area contributed by atoms with Gasteiger partial charge in [-0.3, -0.25) is 4.79 Å². The Kier molecular flexibility index (Phi) is 3.12. The van der Waals surface area contributed by atoms with Crippen molar-refractivity contribution in [2.75, 3.05) is 26.2 Å². The van der Waals surface area contributed by atoms with Gasteiger partial charge in [-0.15, -0.1) is 0 Å². The van der Waals surface area contributed by atoms with E-state index >= 15 is 0 Å². The van der Waals surface area contributed by atoms with Crippen molar-refractivity contribution in [3.63, 3.8) is 0 Å². The molecule has 96 valence electrons. The van der Waals surface area contributed by atoms with Crippen LogP contribution in [0.1, 0.15) is 44.9 Å². The van der Waals surface area contributed by atoms with Crippen molar-refractivity contribution < 1.29 is 4.79 Å². The summed E-state index contributed by atoms with van der Waals surface area (Å²) < 4.78 is 0. The molecule has 2 saturated heterocycles. The van der Waals surface area contributed by atoms with Gasteiger partial charge in [-0.25, -0.2) is 0 Å². The first-order valence-corrected chi connectivity index (χ1v) is 7.29. The van der Waals surface area contributed by atoms with Crippen LogP contribution in [0.2, 0.25) is 0 Å². The number of nitrogens with zero attached hydrogens (tertiary/aromatic N) is 1. The monoisotopic (exact) mass is 236 g/mol. The highest BCUT2D eigenvalue weighted by molar-refractivity contribution is 5.79. The Morgan fingerprint density at radius 2 is 1.71 bits per heavy atom. The van der Waals surface area contributed by atoms with Crippen LogP contribution in [-0.2, 0) is 4.79 Å². The third kappa shape index (κ3) is 2.22. The molecular weight excluding hydrogens is 212 g/mol. The van der Waals surface area contributed by atoms with E-state index in [1.54, 1.807) is 0 Å². The Morgan fingerprint density at radius 1 is 1.06 bits per heavy atom. The number of hydrogen-bond acceptors (Lipinski definition) is 2. The predicted octanol–water partition coefficient (Wildman–Crippen LogP) is 1.78. The highest BCUT2D eigenvalue weighted by Gasteiger charge is 2.41. The first kappa shape index (κ1) is 11.5. The molecule has 3 fully saturated rings. The first-order chi connectivity index (χ1) is 8.29. The van der Waals surface area contributed by atoms with Crippen LogP contribution in [0.3, 0.4) is 0 Å². The highest BCUT2D eigenvalue weighted by atomic mass is 16.2. The molecule has 0 atom stereocenters. The van der Waals surface area contributed by atoms with Crippen LogP contribution >= 0.6 is 0 Å². The smallest absolute Gasteiger partial charge is 0.225 e. The van der Waals surface area contributed by atoms with Crippen molar-refractivity contribution in [2.45, 2.75) is 44.9 Å². The Labute approximate surface area is 104 Å². The number of hydrogen-bond donors (Lipinski definition) is 1. The SMILES string of the molecule is O=C(C1CCCCC1)N1CCC2(CC1)CNC2. The van der Waals surface area contributed by atoms with Gasteiger partial charge in [0.1, 0.15) is 0 Å². The van der Waals surface area contributed by atoms with Gasteiger partial charge in [-0.05, 0) is 31.1 Å². The van der Waals surface area contributed by atoms with Gasteiger partial charge >= 0.3 is 0 Å². The van der Waals surface area contributed by atoms with E-state index < -0.39 is 0 Å². The minimum absolute atomic E-state index is 0.359. The summed E-state index contributed by atoms with van der Waals surface area (Å²) >= 11 is 0. The standard InChI is InChI=1S/C14H24N2O/c17-13(12-4-2-1-3-5-12)16-8-6-14(7-9-16)10-15-11-14/h12,15H,1-11H2. The molecule has 3 heteroatoms. The normalized spacial score (nSPS) is 29.1. The zero-order valence-corrected chi connectivity index (χ0v) is 10.7. The first-order valence-electron chi connectivity index (χ1n) is 7.29. The maximum atomic E-state index is 12.4. The van der Waals surface area contributed by atoms with Gasteiger partial charge < -0.3 is 10.2 Å². The number of nitrogens with one attached hydrogen (secondary N) is 1. The van der Waals surface area contributed by atoms with Gasteiger partial charge in [0.25, 0.3) is 0 Å². The molecule has 1 aliphatic carbocycles. The van der Waals surface area contributed by atoms with Crippen molar-refractivity contribution in [3.8, 4) is 0 Å². The third-order valence-corrected chi connectivity index (χ3v) is 5.09. The largest absolute Gasteiger partial charge is 0.342 e. The number of piperidine rings is 1. The summed E-state index contributed by atoms with van der Waals surface area (Å²) in [5.74, 6) is 0.823. The van der Waals surface area contributed by atoms with Crippen LogP contribution in [0.4, 0.5) is 0 Å². The summed E-state index contributed by atoms with van der Waals surface area (Å²) in [6.07, 6.45) is 8.58. The summed E-state index contributed by atoms with van der Waals surface area (Å²) in [5.41, 5.74) is 0.559. The third-order valence-electron chi connectivity index (χ3n) is 5.09. The molecule has 1 saturated carbocycles. The fraction of sp³-hybridized carbons (Fsp3) is 0.929. The van der Waals surface area contributed by atoms with Crippen molar-refractivity contribution in [3.05, 3.63) is 0 Å². The second-order valence-corrected chi connectivity index (χ2v) is 6.26. The fourth-order valence-electron chi connectivity index (χ4n) is 3.64. The van der Waals surface area contributed by atoms with Gasteiger partial charge in [0.05, 0.1) is 0 Å². The average Bonchev–Trinajstić information content (AvgIpc) is 2.37. The fourth-order valence-corrected chi connectivity index (χ4v) is 3.64. The van der Waals surface area contributed by atoms with Gasteiger partial charge in [-0.1, -0.05) is 19.3 Å². The molecule has 1 N–H and O–H groups in total. The van der Waals surface area contributed by atoms with E-state index in [1.807, 2.05) is 0 Å². The lowest BCUT2D eigenvalue weighted by Gasteiger charge is -2.48. The van der Waals surface area contributed by atoms with E-state index in [4.69, 9.17) is 0 Å². The molecule has 3 aliphatic rings. The minimum Gasteiger partial charge on any atom is -0.342 e. The number of carbonyl (C=O) groups is 1. The van der Waals surface area contributed by atoms with Gasteiger partial charge in [0.15, 0.2) is 0 Å². The summed E-state index contributed by atoms with van der Waals surface area (Å²) in [6.45, 7) is 4.38. The Bertz CT molecular complexity index is 283. The molecule has 2 heterocycles. The predicted molar refractivity (Wildman–Crippen MR) is 67.7 cm³/mol. The lowest BCUT2D eigenvalue weighted by atomic mass is 9.73. The maximum absolute atomic E-state index is 12.4. The molecule has 0 aromatic heterocycles. The van der Waals surface area contributed by atoms with Crippen molar-refractivity contribution in [2.24, 2.45) is 11.3 Å². The number of rotatable bonds is 1. The number of amides is 1. The molecule has 17 heavy (non-hydrogen) atoms. The lowest BCUT2D eigenvalue weighted by molar-refractivity contribution is -0.139. The average molecular weight is 236 g/mol. The van der Waals surface area contributed by atoms with Crippen molar-refractivity contribution in [1.82, 2.24) is 10.2 Å². The molecule has 2 aliphatic heterocycles. The number of carbonyl (C=O) groups excluding carboxylic acids is 1. The molecule has 0 aromatic carbocycles. The van der Waals surface area contributed by atoms with Gasteiger partial charge in [0.2, 0.25) is 5.91 Å². The summed E-state index contributed by atoms with van der Waals surface area (Å²) in [5, 5.41) is 3.38. The highest BCUT2D eigenvalue weighted by Crippen LogP contribution is 2.36. The van der Waals surface area contributed by atoms with Crippen LogP contribution in [0.25, 0.3) is 0 Å². The van der Waals surface area contributed by atoms with E-state index in [2.05, 4.69) is 10.2 Å². The molecule has 0 bridgehead atoms. The van der Waals surface area contributed by atoms with Gasteiger partial charge in [-0.2, -0.15) is 0 Å². The molecule has 0 radical (unpaired) electrons. The van der Waals surface area contributed by atoms with Crippen LogP contribution in [0, 0.1) is 11.3 Å². The van der Waals surface area contributed by atoms with Crippen molar-refractivity contribution >= 4 is 5.91 Å². The lowest BCUT2D eigenvalue weighted by Crippen LogP contribution is -2.59. The van der Waals surface area contributed by atoms with E-state index in [1.165, 1.54) is 45.2 Å². The second kappa shape index (κ2) is 4.60. The zero-order chi connectivity index (χ0) is 11.7. The maximum Gasteiger partial charge on any atom is 0.225 e. The Morgan fingerprint density at radius 3 is 2.24 bits per heavy atom. The topological polar surface area (TPSA) is 32.3 Å². The molecule has 3 nitrogen and oxygen atoms in total. The minimum atomic E-state index is 0.359. The molecule has 0 unspecified atom stereocenters. The van der Waals surface area contributed by atoms with Crippen LogP contribution < -0.4 is 5.32 Å². The Balaban J connectivity index is 1.53. The van der Waals surface area contributed by atoms with E-state index in [-0.39, 0.29) is 0 Å². The molecule has 0 aromatic rings. The molecule has 1 amide bonds. The van der Waals surface area contributed by atoms with Crippen LogP contribution in [0.15, 0.2) is 0 Å².